The van der Waals surface area contributed by atoms with Crippen molar-refractivity contribution >= 4 is 17.8 Å². The number of benzene rings is 1. The van der Waals surface area contributed by atoms with Gasteiger partial charge in [0.1, 0.15) is 11.4 Å². The fraction of sp³-hybridized carbons (Fsp3) is 0.333. The van der Waals surface area contributed by atoms with Gasteiger partial charge in [-0.15, -0.1) is 0 Å². The van der Waals surface area contributed by atoms with E-state index in [0.29, 0.717) is 42.6 Å². The van der Waals surface area contributed by atoms with E-state index in [1.807, 2.05) is 4.90 Å². The zero-order valence-electron chi connectivity index (χ0n) is 15.8. The van der Waals surface area contributed by atoms with Crippen molar-refractivity contribution in [3.8, 4) is 5.75 Å². The monoisotopic (exact) mass is 381 g/mol. The van der Waals surface area contributed by atoms with Crippen molar-refractivity contribution < 1.29 is 19.1 Å². The molecule has 1 aliphatic heterocycles. The molecular formula is C21H23N3O4. The highest BCUT2D eigenvalue weighted by Gasteiger charge is 2.24. The van der Waals surface area contributed by atoms with E-state index in [1.165, 1.54) is 6.92 Å². The van der Waals surface area contributed by atoms with Crippen LogP contribution in [0.2, 0.25) is 0 Å². The van der Waals surface area contributed by atoms with Crippen molar-refractivity contribution in [3.05, 3.63) is 59.9 Å². The first-order valence-corrected chi connectivity index (χ1v) is 9.30. The van der Waals surface area contributed by atoms with Crippen molar-refractivity contribution in [2.45, 2.75) is 19.8 Å². The molecule has 0 radical (unpaired) electrons. The second-order valence-corrected chi connectivity index (χ2v) is 6.78. The molecule has 0 spiro atoms. The van der Waals surface area contributed by atoms with E-state index in [2.05, 4.69) is 10.3 Å². The number of rotatable bonds is 5. The number of ether oxygens (including phenoxy) is 1. The lowest BCUT2D eigenvalue weighted by Crippen LogP contribution is -2.41. The lowest BCUT2D eigenvalue weighted by molar-refractivity contribution is -0.131. The number of hydrogen-bond donors (Lipinski definition) is 1. The average molecular weight is 381 g/mol. The van der Waals surface area contributed by atoms with Gasteiger partial charge in [0.2, 0.25) is 0 Å². The maximum absolute atomic E-state index is 12.4. The summed E-state index contributed by atoms with van der Waals surface area (Å²) in [7, 11) is 0. The SMILES string of the molecule is CC(=O)Oc1cccc(C(=O)NCC2CCN(C(=O)c3ccccn3)CC2)c1. The van der Waals surface area contributed by atoms with E-state index in [-0.39, 0.29) is 11.8 Å². The fourth-order valence-corrected chi connectivity index (χ4v) is 3.20. The highest BCUT2D eigenvalue weighted by molar-refractivity contribution is 5.94. The maximum Gasteiger partial charge on any atom is 0.308 e. The molecule has 28 heavy (non-hydrogen) atoms. The Morgan fingerprint density at radius 2 is 1.93 bits per heavy atom. The van der Waals surface area contributed by atoms with E-state index in [0.717, 1.165) is 12.8 Å². The second kappa shape index (κ2) is 9.12. The lowest BCUT2D eigenvalue weighted by Gasteiger charge is -2.31. The van der Waals surface area contributed by atoms with Crippen LogP contribution in [0.3, 0.4) is 0 Å². The van der Waals surface area contributed by atoms with Gasteiger partial charge in [0.05, 0.1) is 0 Å². The fourth-order valence-electron chi connectivity index (χ4n) is 3.20. The number of nitrogens with zero attached hydrogens (tertiary/aromatic N) is 2. The quantitative estimate of drug-likeness (QED) is 0.634. The molecule has 1 aromatic heterocycles. The van der Waals surface area contributed by atoms with Crippen LogP contribution in [-0.4, -0.2) is 47.3 Å². The van der Waals surface area contributed by atoms with Gasteiger partial charge >= 0.3 is 5.97 Å². The summed E-state index contributed by atoms with van der Waals surface area (Å²) in [6.07, 6.45) is 3.27. The van der Waals surface area contributed by atoms with Crippen LogP contribution >= 0.6 is 0 Å². The van der Waals surface area contributed by atoms with Gasteiger partial charge in [-0.05, 0) is 49.1 Å². The Labute approximate surface area is 163 Å². The Hall–Kier alpha value is -3.22. The van der Waals surface area contributed by atoms with Crippen LogP contribution in [0.1, 0.15) is 40.6 Å². The van der Waals surface area contributed by atoms with Gasteiger partial charge < -0.3 is 15.0 Å². The summed E-state index contributed by atoms with van der Waals surface area (Å²) in [6.45, 7) is 3.16. The molecule has 3 rings (SSSR count). The Bertz CT molecular complexity index is 846. The van der Waals surface area contributed by atoms with E-state index in [9.17, 15) is 14.4 Å². The van der Waals surface area contributed by atoms with E-state index >= 15 is 0 Å². The van der Waals surface area contributed by atoms with Crippen LogP contribution in [0.5, 0.6) is 5.75 Å². The smallest absolute Gasteiger partial charge is 0.308 e. The van der Waals surface area contributed by atoms with Gasteiger partial charge in [-0.3, -0.25) is 19.4 Å². The van der Waals surface area contributed by atoms with Crippen LogP contribution in [0.4, 0.5) is 0 Å². The van der Waals surface area contributed by atoms with Crippen LogP contribution < -0.4 is 10.1 Å². The number of nitrogens with one attached hydrogen (secondary N) is 1. The Kier molecular flexibility index (Phi) is 6.37. The molecule has 2 heterocycles. The van der Waals surface area contributed by atoms with Crippen molar-refractivity contribution in [3.63, 3.8) is 0 Å². The Morgan fingerprint density at radius 1 is 1.14 bits per heavy atom. The summed E-state index contributed by atoms with van der Waals surface area (Å²) in [6, 6.07) is 11.8. The molecule has 1 saturated heterocycles. The average Bonchev–Trinajstić information content (AvgIpc) is 2.72. The minimum Gasteiger partial charge on any atom is -0.427 e. The molecular weight excluding hydrogens is 358 g/mol. The number of aromatic nitrogens is 1. The number of carbonyl (C=O) groups is 3. The number of likely N-dealkylation sites (tertiary alicyclic amines) is 1. The molecule has 2 amide bonds. The van der Waals surface area contributed by atoms with Gasteiger partial charge in [-0.1, -0.05) is 12.1 Å². The van der Waals surface area contributed by atoms with Gasteiger partial charge in [-0.25, -0.2) is 0 Å². The zero-order chi connectivity index (χ0) is 19.9. The minimum absolute atomic E-state index is 0.0506. The number of carbonyl (C=O) groups excluding carboxylic acids is 3. The minimum atomic E-state index is -0.426. The molecule has 1 N–H and O–H groups in total. The third-order valence-corrected chi connectivity index (χ3v) is 4.69. The molecule has 0 atom stereocenters. The van der Waals surface area contributed by atoms with Crippen molar-refractivity contribution in [2.24, 2.45) is 5.92 Å². The molecule has 0 saturated carbocycles. The zero-order valence-corrected chi connectivity index (χ0v) is 15.8. The van der Waals surface area contributed by atoms with E-state index < -0.39 is 5.97 Å². The number of hydrogen-bond acceptors (Lipinski definition) is 5. The second-order valence-electron chi connectivity index (χ2n) is 6.78. The molecule has 2 aromatic rings. The molecule has 0 unspecified atom stereocenters. The van der Waals surface area contributed by atoms with Crippen molar-refractivity contribution in [2.75, 3.05) is 19.6 Å². The Morgan fingerprint density at radius 3 is 2.61 bits per heavy atom. The number of pyridine rings is 1. The lowest BCUT2D eigenvalue weighted by atomic mass is 9.96. The maximum atomic E-state index is 12.4. The predicted octanol–water partition coefficient (Wildman–Crippen LogP) is 2.29. The van der Waals surface area contributed by atoms with Crippen LogP contribution in [0.15, 0.2) is 48.7 Å². The third kappa shape index (κ3) is 5.16. The summed E-state index contributed by atoms with van der Waals surface area (Å²) in [5, 5.41) is 2.93. The molecule has 7 heteroatoms. The van der Waals surface area contributed by atoms with Gasteiger partial charge in [0.15, 0.2) is 0 Å². The molecule has 1 aliphatic rings. The van der Waals surface area contributed by atoms with Gasteiger partial charge in [0, 0.05) is 38.3 Å². The Balaban J connectivity index is 1.47. The standard InChI is InChI=1S/C21H23N3O4/c1-15(25)28-18-6-4-5-17(13-18)20(26)23-14-16-8-11-24(12-9-16)21(27)19-7-2-3-10-22-19/h2-7,10,13,16H,8-9,11-12,14H2,1H3,(H,23,26). The summed E-state index contributed by atoms with van der Waals surface area (Å²) in [4.78, 5) is 41.7. The van der Waals surface area contributed by atoms with Crippen molar-refractivity contribution in [1.82, 2.24) is 15.2 Å². The number of esters is 1. The highest BCUT2D eigenvalue weighted by Crippen LogP contribution is 2.19. The van der Waals surface area contributed by atoms with Gasteiger partial charge in [0.25, 0.3) is 11.8 Å². The molecule has 7 nitrogen and oxygen atoms in total. The predicted molar refractivity (Wildman–Crippen MR) is 103 cm³/mol. The topological polar surface area (TPSA) is 88.6 Å². The summed E-state index contributed by atoms with van der Waals surface area (Å²) in [5.74, 6) is -0.0224. The van der Waals surface area contributed by atoms with Crippen LogP contribution in [0.25, 0.3) is 0 Å². The van der Waals surface area contributed by atoms with Crippen molar-refractivity contribution in [1.29, 1.82) is 0 Å². The first-order valence-electron chi connectivity index (χ1n) is 9.30. The first-order chi connectivity index (χ1) is 13.5. The van der Waals surface area contributed by atoms with Crippen LogP contribution in [-0.2, 0) is 4.79 Å². The van der Waals surface area contributed by atoms with E-state index in [4.69, 9.17) is 4.74 Å². The first kappa shape index (κ1) is 19.5. The largest absolute Gasteiger partial charge is 0.427 e. The summed E-state index contributed by atoms with van der Waals surface area (Å²) in [5.41, 5.74) is 0.906. The van der Waals surface area contributed by atoms with Crippen LogP contribution in [0, 0.1) is 5.92 Å². The molecule has 1 fully saturated rings. The molecule has 1 aromatic carbocycles. The molecule has 146 valence electrons. The normalized spacial score (nSPS) is 14.4. The highest BCUT2D eigenvalue weighted by atomic mass is 16.5. The number of piperidine rings is 1. The molecule has 0 aliphatic carbocycles. The summed E-state index contributed by atoms with van der Waals surface area (Å²) < 4.78 is 5.01. The van der Waals surface area contributed by atoms with E-state index in [1.54, 1.807) is 48.7 Å². The number of amides is 2. The third-order valence-electron chi connectivity index (χ3n) is 4.69. The summed E-state index contributed by atoms with van der Waals surface area (Å²) >= 11 is 0. The molecule has 0 bridgehead atoms. The van der Waals surface area contributed by atoms with Gasteiger partial charge in [-0.2, -0.15) is 0 Å².